The Morgan fingerprint density at radius 3 is 2.38 bits per heavy atom. The van der Waals surface area contributed by atoms with E-state index >= 15 is 0 Å². The summed E-state index contributed by atoms with van der Waals surface area (Å²) in [5.74, 6) is -0.157. The first kappa shape index (κ1) is 20.5. The Kier molecular flexibility index (Phi) is 5.73. The zero-order valence-corrected chi connectivity index (χ0v) is 17.8. The monoisotopic (exact) mass is 430 g/mol. The zero-order valence-electron chi connectivity index (χ0n) is 17.8. The molecule has 0 saturated carbocycles. The number of nitrogens with one attached hydrogen (secondary N) is 1. The van der Waals surface area contributed by atoms with Gasteiger partial charge in [0.2, 0.25) is 5.91 Å². The molecule has 1 N–H and O–H groups in total. The van der Waals surface area contributed by atoms with Crippen LogP contribution < -0.4 is 5.32 Å². The number of para-hydroxylation sites is 1. The minimum absolute atomic E-state index is 0.0167. The Hall–Kier alpha value is -3.45. The third-order valence-electron chi connectivity index (χ3n) is 6.30. The third kappa shape index (κ3) is 4.16. The van der Waals surface area contributed by atoms with Gasteiger partial charge in [0.05, 0.1) is 25.2 Å². The maximum Gasteiger partial charge on any atom is 0.274 e. The van der Waals surface area contributed by atoms with E-state index in [1.165, 1.54) is 0 Å². The molecule has 2 aliphatic heterocycles. The summed E-state index contributed by atoms with van der Waals surface area (Å²) < 4.78 is 8.07. The van der Waals surface area contributed by atoms with Gasteiger partial charge < -0.3 is 19.5 Å². The molecule has 7 heteroatoms. The van der Waals surface area contributed by atoms with E-state index in [1.54, 1.807) is 11.2 Å². The Morgan fingerprint density at radius 1 is 0.969 bits per heavy atom. The molecule has 0 aliphatic carbocycles. The van der Waals surface area contributed by atoms with Crippen LogP contribution in [0.1, 0.15) is 40.7 Å². The molecule has 1 atom stereocenters. The lowest BCUT2D eigenvalue weighted by Gasteiger charge is -2.31. The summed E-state index contributed by atoms with van der Waals surface area (Å²) in [6.45, 7) is 2.09. The van der Waals surface area contributed by atoms with Crippen LogP contribution in [-0.2, 0) is 22.7 Å². The van der Waals surface area contributed by atoms with Crippen molar-refractivity contribution in [3.05, 3.63) is 83.9 Å². The van der Waals surface area contributed by atoms with E-state index in [0.717, 1.165) is 16.9 Å². The first-order valence-electron chi connectivity index (χ1n) is 11.0. The fraction of sp³-hybridized carbons (Fsp3) is 0.320. The van der Waals surface area contributed by atoms with Crippen LogP contribution in [0.15, 0.2) is 67.0 Å². The van der Waals surface area contributed by atoms with Gasteiger partial charge in [-0.05, 0) is 30.5 Å². The standard InChI is InChI=1S/C25H26N4O3/c30-24(27-20-9-5-2-6-10-20)19-11-13-28(14-12-19)25(31)23-21-16-32-22(15-29(21)17-26-23)18-7-3-1-4-8-18/h1-10,17,19,22H,11-16H2,(H,27,30). The van der Waals surface area contributed by atoms with Gasteiger partial charge in [-0.1, -0.05) is 48.5 Å². The average Bonchev–Trinajstić information content (AvgIpc) is 3.28. The fourth-order valence-corrected chi connectivity index (χ4v) is 4.44. The topological polar surface area (TPSA) is 76.5 Å². The summed E-state index contributed by atoms with van der Waals surface area (Å²) >= 11 is 0. The van der Waals surface area contributed by atoms with Crippen molar-refractivity contribution >= 4 is 17.5 Å². The molecule has 3 heterocycles. The lowest BCUT2D eigenvalue weighted by atomic mass is 9.95. The summed E-state index contributed by atoms with van der Waals surface area (Å²) in [7, 11) is 0. The maximum atomic E-state index is 13.1. The number of fused-ring (bicyclic) bond motifs is 1. The van der Waals surface area contributed by atoms with Crippen molar-refractivity contribution in [3.8, 4) is 0 Å². The number of carbonyl (C=O) groups excluding carboxylic acids is 2. The Labute approximate surface area is 187 Å². The van der Waals surface area contributed by atoms with Crippen molar-refractivity contribution in [1.82, 2.24) is 14.5 Å². The van der Waals surface area contributed by atoms with Crippen molar-refractivity contribution in [2.75, 3.05) is 18.4 Å². The molecule has 2 amide bonds. The van der Waals surface area contributed by atoms with Gasteiger partial charge in [0.15, 0.2) is 5.69 Å². The SMILES string of the molecule is O=C(Nc1ccccc1)C1CCN(C(=O)c2ncn3c2COC(c2ccccc2)C3)CC1. The average molecular weight is 431 g/mol. The number of benzene rings is 2. The Balaban J connectivity index is 1.20. The van der Waals surface area contributed by atoms with E-state index in [4.69, 9.17) is 4.74 Å². The molecule has 0 spiro atoms. The van der Waals surface area contributed by atoms with Crippen LogP contribution in [0.3, 0.4) is 0 Å². The predicted molar refractivity (Wildman–Crippen MR) is 120 cm³/mol. The van der Waals surface area contributed by atoms with E-state index in [1.807, 2.05) is 53.1 Å². The van der Waals surface area contributed by atoms with Gasteiger partial charge in [0.25, 0.3) is 5.91 Å². The van der Waals surface area contributed by atoms with Crippen molar-refractivity contribution in [2.24, 2.45) is 5.92 Å². The number of nitrogens with zero attached hydrogens (tertiary/aromatic N) is 3. The van der Waals surface area contributed by atoms with Gasteiger partial charge >= 0.3 is 0 Å². The molecule has 1 unspecified atom stereocenters. The van der Waals surface area contributed by atoms with Crippen LogP contribution in [0.5, 0.6) is 0 Å². The molecule has 2 aliphatic rings. The van der Waals surface area contributed by atoms with Crippen LogP contribution in [0.25, 0.3) is 0 Å². The highest BCUT2D eigenvalue weighted by Crippen LogP contribution is 2.29. The number of rotatable bonds is 4. The van der Waals surface area contributed by atoms with Gasteiger partial charge in [-0.15, -0.1) is 0 Å². The highest BCUT2D eigenvalue weighted by Gasteiger charge is 2.32. The molecule has 3 aromatic rings. The van der Waals surface area contributed by atoms with Crippen LogP contribution in [-0.4, -0.2) is 39.4 Å². The summed E-state index contributed by atoms with van der Waals surface area (Å²) in [6, 6.07) is 19.6. The summed E-state index contributed by atoms with van der Waals surface area (Å²) in [6.07, 6.45) is 2.99. The molecule has 7 nitrogen and oxygen atoms in total. The number of likely N-dealkylation sites (tertiary alicyclic amines) is 1. The second-order valence-electron chi connectivity index (χ2n) is 8.32. The lowest BCUT2D eigenvalue weighted by molar-refractivity contribution is -0.121. The molecule has 2 aromatic carbocycles. The van der Waals surface area contributed by atoms with Gasteiger partial charge in [-0.25, -0.2) is 4.98 Å². The molecule has 164 valence electrons. The first-order valence-corrected chi connectivity index (χ1v) is 11.0. The number of aromatic nitrogens is 2. The second-order valence-corrected chi connectivity index (χ2v) is 8.32. The summed E-state index contributed by atoms with van der Waals surface area (Å²) in [4.78, 5) is 31.9. The highest BCUT2D eigenvalue weighted by molar-refractivity contribution is 5.95. The van der Waals surface area contributed by atoms with Gasteiger partial charge in [-0.2, -0.15) is 0 Å². The maximum absolute atomic E-state index is 13.1. The Morgan fingerprint density at radius 2 is 1.66 bits per heavy atom. The van der Waals surface area contributed by atoms with E-state index in [2.05, 4.69) is 22.4 Å². The molecule has 5 rings (SSSR count). The Bertz CT molecular complexity index is 1090. The number of piperidine rings is 1. The number of imidazole rings is 1. The lowest BCUT2D eigenvalue weighted by Crippen LogP contribution is -2.42. The van der Waals surface area contributed by atoms with E-state index in [9.17, 15) is 9.59 Å². The van der Waals surface area contributed by atoms with E-state index in [0.29, 0.717) is 44.8 Å². The minimum atomic E-state index is -0.0925. The summed E-state index contributed by atoms with van der Waals surface area (Å²) in [5.41, 5.74) is 3.21. The second kappa shape index (κ2) is 8.96. The molecule has 1 saturated heterocycles. The number of hydrogen-bond donors (Lipinski definition) is 1. The van der Waals surface area contributed by atoms with Crippen LogP contribution in [0, 0.1) is 5.92 Å². The number of hydrogen-bond acceptors (Lipinski definition) is 4. The van der Waals surface area contributed by atoms with Crippen molar-refractivity contribution in [1.29, 1.82) is 0 Å². The quantitative estimate of drug-likeness (QED) is 0.686. The minimum Gasteiger partial charge on any atom is -0.365 e. The smallest absolute Gasteiger partial charge is 0.274 e. The van der Waals surface area contributed by atoms with E-state index < -0.39 is 0 Å². The van der Waals surface area contributed by atoms with Crippen LogP contribution >= 0.6 is 0 Å². The van der Waals surface area contributed by atoms with Gasteiger partial charge in [0.1, 0.15) is 6.10 Å². The number of anilines is 1. The van der Waals surface area contributed by atoms with Gasteiger partial charge in [0, 0.05) is 24.7 Å². The number of carbonyl (C=O) groups is 2. The summed E-state index contributed by atoms with van der Waals surface area (Å²) in [5, 5.41) is 2.97. The van der Waals surface area contributed by atoms with Crippen LogP contribution in [0.2, 0.25) is 0 Å². The third-order valence-corrected chi connectivity index (χ3v) is 6.30. The fourth-order valence-electron chi connectivity index (χ4n) is 4.44. The largest absolute Gasteiger partial charge is 0.365 e. The van der Waals surface area contributed by atoms with Gasteiger partial charge in [-0.3, -0.25) is 9.59 Å². The zero-order chi connectivity index (χ0) is 21.9. The number of amides is 2. The van der Waals surface area contributed by atoms with Crippen molar-refractivity contribution in [3.63, 3.8) is 0 Å². The molecule has 0 radical (unpaired) electrons. The molecular weight excluding hydrogens is 404 g/mol. The highest BCUT2D eigenvalue weighted by atomic mass is 16.5. The van der Waals surface area contributed by atoms with Crippen molar-refractivity contribution < 1.29 is 14.3 Å². The molecule has 0 bridgehead atoms. The molecular formula is C25H26N4O3. The van der Waals surface area contributed by atoms with E-state index in [-0.39, 0.29) is 23.8 Å². The molecule has 1 aromatic heterocycles. The predicted octanol–water partition coefficient (Wildman–Crippen LogP) is 3.65. The number of ether oxygens (including phenoxy) is 1. The molecule has 32 heavy (non-hydrogen) atoms. The van der Waals surface area contributed by atoms with Crippen molar-refractivity contribution in [2.45, 2.75) is 32.1 Å². The molecule has 1 fully saturated rings. The normalized spacial score (nSPS) is 18.8. The first-order chi connectivity index (χ1) is 15.7. The van der Waals surface area contributed by atoms with Crippen LogP contribution in [0.4, 0.5) is 5.69 Å².